The molecular weight excluding hydrogens is 450 g/mol. The summed E-state index contributed by atoms with van der Waals surface area (Å²) in [5.74, 6) is 2.77. The van der Waals surface area contributed by atoms with Crippen LogP contribution >= 0.6 is 12.2 Å². The second kappa shape index (κ2) is 11.0. The van der Waals surface area contributed by atoms with Gasteiger partial charge in [-0.15, -0.1) is 0 Å². The number of piperazine rings is 1. The predicted octanol–water partition coefficient (Wildman–Crippen LogP) is 3.36. The van der Waals surface area contributed by atoms with Gasteiger partial charge in [-0.2, -0.15) is 4.99 Å². The molecule has 1 aromatic carbocycles. The highest BCUT2D eigenvalue weighted by molar-refractivity contribution is 7.80. The number of anilines is 2. The van der Waals surface area contributed by atoms with Gasteiger partial charge in [0.2, 0.25) is 11.9 Å². The molecule has 0 saturated carbocycles. The zero-order chi connectivity index (χ0) is 23.9. The average Bonchev–Trinajstić information content (AvgIpc) is 3.36. The SMILES string of the molecule is COc1ccc(N2CCN(/C(=N\C(=S)NCc3ccco3)Nc3nc(C)cc(C)n3)CC2)cc1. The second-order valence-corrected chi connectivity index (χ2v) is 8.33. The molecule has 10 heteroatoms. The van der Waals surface area contributed by atoms with Gasteiger partial charge in [0.25, 0.3) is 0 Å². The molecule has 2 aromatic heterocycles. The third kappa shape index (κ3) is 6.22. The van der Waals surface area contributed by atoms with Crippen molar-refractivity contribution < 1.29 is 9.15 Å². The topological polar surface area (TPSA) is 91.0 Å². The molecule has 0 spiro atoms. The molecule has 0 atom stereocenters. The fourth-order valence-corrected chi connectivity index (χ4v) is 3.90. The van der Waals surface area contributed by atoms with Crippen LogP contribution in [0.4, 0.5) is 11.6 Å². The standard InChI is InChI=1S/C24H29N7O2S/c1-17-15-18(2)27-22(26-17)28-23(29-24(34)25-16-21-5-4-14-33-21)31-12-10-30(11-13-31)19-6-8-20(32-3)9-7-19/h4-9,14-15H,10-13,16H2,1-3H3,(H2,25,26,27,28,29,34). The lowest BCUT2D eigenvalue weighted by Crippen LogP contribution is -2.51. The van der Waals surface area contributed by atoms with Crippen LogP contribution in [0.15, 0.2) is 58.1 Å². The van der Waals surface area contributed by atoms with Gasteiger partial charge < -0.3 is 24.3 Å². The summed E-state index contributed by atoms with van der Waals surface area (Å²) in [7, 11) is 1.68. The first-order chi connectivity index (χ1) is 16.5. The highest BCUT2D eigenvalue weighted by atomic mass is 32.1. The number of aryl methyl sites for hydroxylation is 2. The lowest BCUT2D eigenvalue weighted by molar-refractivity contribution is 0.384. The van der Waals surface area contributed by atoms with Crippen LogP contribution in [-0.4, -0.2) is 59.2 Å². The number of methoxy groups -OCH3 is 1. The van der Waals surface area contributed by atoms with Crippen LogP contribution in [0.25, 0.3) is 0 Å². The van der Waals surface area contributed by atoms with Crippen LogP contribution in [-0.2, 0) is 6.54 Å². The highest BCUT2D eigenvalue weighted by Crippen LogP contribution is 2.21. The van der Waals surface area contributed by atoms with Gasteiger partial charge in [-0.05, 0) is 68.5 Å². The Bertz CT molecular complexity index is 1100. The van der Waals surface area contributed by atoms with Crippen molar-refractivity contribution in [2.75, 3.05) is 43.5 Å². The summed E-state index contributed by atoms with van der Waals surface area (Å²) >= 11 is 5.49. The molecule has 0 radical (unpaired) electrons. The molecule has 178 valence electrons. The Balaban J connectivity index is 1.47. The van der Waals surface area contributed by atoms with Gasteiger partial charge in [-0.25, -0.2) is 9.97 Å². The number of thiocarbonyl (C=S) groups is 1. The van der Waals surface area contributed by atoms with E-state index >= 15 is 0 Å². The third-order valence-electron chi connectivity index (χ3n) is 5.42. The number of rotatable bonds is 5. The molecule has 0 aliphatic carbocycles. The number of benzene rings is 1. The lowest BCUT2D eigenvalue weighted by Gasteiger charge is -2.37. The minimum Gasteiger partial charge on any atom is -0.497 e. The molecule has 3 aromatic rings. The van der Waals surface area contributed by atoms with Gasteiger partial charge in [0, 0.05) is 43.3 Å². The molecule has 4 rings (SSSR count). The van der Waals surface area contributed by atoms with Gasteiger partial charge in [0.1, 0.15) is 11.5 Å². The van der Waals surface area contributed by atoms with E-state index in [1.54, 1.807) is 13.4 Å². The maximum atomic E-state index is 5.49. The summed E-state index contributed by atoms with van der Waals surface area (Å²) < 4.78 is 10.6. The summed E-state index contributed by atoms with van der Waals surface area (Å²) in [6, 6.07) is 13.8. The Morgan fingerprint density at radius 1 is 1.09 bits per heavy atom. The third-order valence-corrected chi connectivity index (χ3v) is 5.66. The number of ether oxygens (including phenoxy) is 1. The molecule has 34 heavy (non-hydrogen) atoms. The van der Waals surface area contributed by atoms with Crippen molar-refractivity contribution in [1.82, 2.24) is 20.2 Å². The molecule has 1 aliphatic heterocycles. The summed E-state index contributed by atoms with van der Waals surface area (Å²) in [6.45, 7) is 7.57. The first-order valence-corrected chi connectivity index (χ1v) is 11.5. The van der Waals surface area contributed by atoms with E-state index in [4.69, 9.17) is 21.4 Å². The molecule has 0 amide bonds. The summed E-state index contributed by atoms with van der Waals surface area (Å²) in [5, 5.41) is 6.78. The Morgan fingerprint density at radius 3 is 2.41 bits per heavy atom. The number of aliphatic imine (C=N–C) groups is 1. The number of nitrogens with zero attached hydrogens (tertiary/aromatic N) is 5. The molecule has 1 aliphatic rings. The number of hydrogen-bond donors (Lipinski definition) is 2. The van der Waals surface area contributed by atoms with E-state index < -0.39 is 0 Å². The lowest BCUT2D eigenvalue weighted by atomic mass is 10.2. The van der Waals surface area contributed by atoms with Crippen LogP contribution in [0.5, 0.6) is 5.75 Å². The van der Waals surface area contributed by atoms with E-state index in [1.807, 2.05) is 44.2 Å². The van der Waals surface area contributed by atoms with E-state index in [9.17, 15) is 0 Å². The second-order valence-electron chi connectivity index (χ2n) is 7.94. The maximum absolute atomic E-state index is 5.49. The van der Waals surface area contributed by atoms with E-state index in [1.165, 1.54) is 5.69 Å². The van der Waals surface area contributed by atoms with Crippen molar-refractivity contribution in [3.05, 3.63) is 65.9 Å². The molecule has 3 heterocycles. The number of hydrogen-bond acceptors (Lipinski definition) is 6. The van der Waals surface area contributed by atoms with Crippen LogP contribution in [0.1, 0.15) is 17.1 Å². The monoisotopic (exact) mass is 479 g/mol. The van der Waals surface area contributed by atoms with Gasteiger partial charge >= 0.3 is 0 Å². The highest BCUT2D eigenvalue weighted by Gasteiger charge is 2.21. The predicted molar refractivity (Wildman–Crippen MR) is 137 cm³/mol. The molecular formula is C24H29N7O2S. The van der Waals surface area contributed by atoms with Gasteiger partial charge in [0.05, 0.1) is 19.9 Å². The van der Waals surface area contributed by atoms with Crippen molar-refractivity contribution in [3.8, 4) is 5.75 Å². The number of nitrogens with one attached hydrogen (secondary N) is 2. The normalized spacial score (nSPS) is 14.1. The largest absolute Gasteiger partial charge is 0.497 e. The van der Waals surface area contributed by atoms with E-state index in [0.717, 1.165) is 49.1 Å². The Hall–Kier alpha value is -3.66. The molecule has 2 N–H and O–H groups in total. The first kappa shape index (κ1) is 23.5. The first-order valence-electron chi connectivity index (χ1n) is 11.1. The molecule has 1 saturated heterocycles. The van der Waals surface area contributed by atoms with E-state index in [2.05, 4.69) is 47.5 Å². The Morgan fingerprint density at radius 2 is 1.79 bits per heavy atom. The number of furan rings is 1. The van der Waals surface area contributed by atoms with Crippen molar-refractivity contribution in [2.45, 2.75) is 20.4 Å². The molecule has 0 bridgehead atoms. The van der Waals surface area contributed by atoms with Gasteiger partial charge in [0.15, 0.2) is 5.11 Å². The quantitative estimate of drug-likeness (QED) is 0.325. The summed E-state index contributed by atoms with van der Waals surface area (Å²) in [5.41, 5.74) is 2.94. The number of aromatic nitrogens is 2. The van der Waals surface area contributed by atoms with Crippen LogP contribution in [0, 0.1) is 13.8 Å². The minimum absolute atomic E-state index is 0.362. The van der Waals surface area contributed by atoms with E-state index in [-0.39, 0.29) is 0 Å². The fraction of sp³-hybridized carbons (Fsp3) is 0.333. The Labute approximate surface area is 204 Å². The van der Waals surface area contributed by atoms with Crippen LogP contribution < -0.4 is 20.3 Å². The fourth-order valence-electron chi connectivity index (χ4n) is 3.74. The van der Waals surface area contributed by atoms with Crippen LogP contribution in [0.2, 0.25) is 0 Å². The van der Waals surface area contributed by atoms with Crippen molar-refractivity contribution in [2.24, 2.45) is 4.99 Å². The summed E-state index contributed by atoms with van der Waals surface area (Å²) in [4.78, 5) is 18.2. The molecule has 1 fully saturated rings. The summed E-state index contributed by atoms with van der Waals surface area (Å²) in [6.07, 6.45) is 1.63. The van der Waals surface area contributed by atoms with Crippen molar-refractivity contribution >= 4 is 34.9 Å². The maximum Gasteiger partial charge on any atom is 0.229 e. The molecule has 0 unspecified atom stereocenters. The van der Waals surface area contributed by atoms with E-state index in [0.29, 0.717) is 23.6 Å². The zero-order valence-corrected chi connectivity index (χ0v) is 20.4. The minimum atomic E-state index is 0.362. The average molecular weight is 480 g/mol. The van der Waals surface area contributed by atoms with Crippen molar-refractivity contribution in [1.29, 1.82) is 0 Å². The van der Waals surface area contributed by atoms with Gasteiger partial charge in [-0.3, -0.25) is 5.32 Å². The Kier molecular flexibility index (Phi) is 7.58. The number of guanidine groups is 1. The van der Waals surface area contributed by atoms with Crippen molar-refractivity contribution in [3.63, 3.8) is 0 Å². The van der Waals surface area contributed by atoms with Gasteiger partial charge in [-0.1, -0.05) is 0 Å². The van der Waals surface area contributed by atoms with Crippen LogP contribution in [0.3, 0.4) is 0 Å². The zero-order valence-electron chi connectivity index (χ0n) is 19.6. The molecule has 9 nitrogen and oxygen atoms in total. The smallest absolute Gasteiger partial charge is 0.229 e.